The van der Waals surface area contributed by atoms with E-state index in [1.807, 2.05) is 0 Å². The van der Waals surface area contributed by atoms with Gasteiger partial charge in [0.2, 0.25) is 0 Å². The number of nitrogens with zero attached hydrogens (tertiary/aromatic N) is 2. The third-order valence-electron chi connectivity index (χ3n) is 2.75. The average molecular weight is 351 g/mol. The fourth-order valence-corrected chi connectivity index (χ4v) is 2.16. The van der Waals surface area contributed by atoms with Crippen LogP contribution in [0, 0.1) is 10.1 Å². The average Bonchev–Trinajstić information content (AvgIpc) is 2.48. The molecule has 0 bridgehead atoms. The molecule has 2 rings (SSSR count). The zero-order chi connectivity index (χ0) is 15.4. The van der Waals surface area contributed by atoms with E-state index in [4.69, 9.17) is 0 Å². The van der Waals surface area contributed by atoms with E-state index in [1.165, 1.54) is 31.4 Å². The van der Waals surface area contributed by atoms with Crippen LogP contribution in [-0.2, 0) is 0 Å². The van der Waals surface area contributed by atoms with E-state index in [2.05, 4.69) is 31.5 Å². The zero-order valence-electron chi connectivity index (χ0n) is 11.0. The van der Waals surface area contributed by atoms with E-state index < -0.39 is 10.8 Å². The number of hydrogen-bond donors (Lipinski definition) is 2. The minimum Gasteiger partial charge on any atom is -0.382 e. The number of halogens is 1. The summed E-state index contributed by atoms with van der Waals surface area (Å²) >= 11 is 3.27. The molecule has 2 aromatic rings. The summed E-state index contributed by atoms with van der Waals surface area (Å²) in [6, 6.07) is 5.95. The second-order valence-electron chi connectivity index (χ2n) is 4.02. The normalized spacial score (nSPS) is 10.0. The number of nitro groups is 1. The number of amides is 1. The van der Waals surface area contributed by atoms with Crippen LogP contribution in [-0.4, -0.2) is 22.9 Å². The van der Waals surface area contributed by atoms with Crippen LogP contribution in [0.15, 0.2) is 41.1 Å². The number of anilines is 2. The van der Waals surface area contributed by atoms with Gasteiger partial charge in [-0.1, -0.05) is 6.07 Å². The summed E-state index contributed by atoms with van der Waals surface area (Å²) in [6.07, 6.45) is 3.08. The Labute approximate surface area is 128 Å². The van der Waals surface area contributed by atoms with Gasteiger partial charge in [0.25, 0.3) is 11.6 Å². The molecule has 0 unspecified atom stereocenters. The van der Waals surface area contributed by atoms with Crippen LogP contribution in [0.3, 0.4) is 0 Å². The van der Waals surface area contributed by atoms with Crippen LogP contribution < -0.4 is 10.6 Å². The number of para-hydroxylation sites is 1. The first kappa shape index (κ1) is 14.9. The SMILES string of the molecule is CNc1c(C(=O)Nc2ccncc2Br)cccc1[N+](=O)[O-]. The Bertz CT molecular complexity index is 706. The lowest BCUT2D eigenvalue weighted by molar-refractivity contribution is -0.384. The molecule has 0 saturated heterocycles. The third kappa shape index (κ3) is 3.16. The number of hydrogen-bond acceptors (Lipinski definition) is 5. The van der Waals surface area contributed by atoms with Crippen LogP contribution in [0.2, 0.25) is 0 Å². The molecule has 108 valence electrons. The minimum atomic E-state index is -0.537. The third-order valence-corrected chi connectivity index (χ3v) is 3.39. The van der Waals surface area contributed by atoms with Gasteiger partial charge in [-0.3, -0.25) is 19.9 Å². The molecule has 1 aromatic heterocycles. The quantitative estimate of drug-likeness (QED) is 0.652. The van der Waals surface area contributed by atoms with Crippen LogP contribution in [0.5, 0.6) is 0 Å². The Morgan fingerprint density at radius 2 is 2.14 bits per heavy atom. The van der Waals surface area contributed by atoms with Crippen molar-refractivity contribution >= 4 is 38.9 Å². The Morgan fingerprint density at radius 3 is 2.76 bits per heavy atom. The lowest BCUT2D eigenvalue weighted by atomic mass is 10.1. The first-order valence-corrected chi connectivity index (χ1v) is 6.70. The topological polar surface area (TPSA) is 97.2 Å². The molecule has 0 aliphatic rings. The Hall–Kier alpha value is -2.48. The van der Waals surface area contributed by atoms with Crippen molar-refractivity contribution in [2.24, 2.45) is 0 Å². The highest BCUT2D eigenvalue weighted by Gasteiger charge is 2.20. The van der Waals surface area contributed by atoms with Gasteiger partial charge in [-0.05, 0) is 28.1 Å². The standard InChI is InChI=1S/C13H11BrN4O3/c1-15-12-8(3-2-4-11(12)18(20)21)13(19)17-10-5-6-16-7-9(10)14/h2-7,15H,1H3,(H,16,17,19). The van der Waals surface area contributed by atoms with Gasteiger partial charge in [0.15, 0.2) is 0 Å². The van der Waals surface area contributed by atoms with E-state index >= 15 is 0 Å². The van der Waals surface area contributed by atoms with Crippen molar-refractivity contribution in [3.05, 3.63) is 56.8 Å². The van der Waals surface area contributed by atoms with Gasteiger partial charge in [0, 0.05) is 25.5 Å². The van der Waals surface area contributed by atoms with Gasteiger partial charge >= 0.3 is 0 Å². The highest BCUT2D eigenvalue weighted by molar-refractivity contribution is 9.10. The summed E-state index contributed by atoms with van der Waals surface area (Å²) in [7, 11) is 1.53. The molecule has 1 amide bonds. The van der Waals surface area contributed by atoms with Crippen molar-refractivity contribution in [2.45, 2.75) is 0 Å². The highest BCUT2D eigenvalue weighted by Crippen LogP contribution is 2.29. The monoisotopic (exact) mass is 350 g/mol. The molecule has 21 heavy (non-hydrogen) atoms. The molecular weight excluding hydrogens is 340 g/mol. The molecule has 0 spiro atoms. The summed E-state index contributed by atoms with van der Waals surface area (Å²) in [6.45, 7) is 0. The molecule has 0 fully saturated rings. The molecule has 7 nitrogen and oxygen atoms in total. The molecule has 2 N–H and O–H groups in total. The largest absolute Gasteiger partial charge is 0.382 e. The maximum Gasteiger partial charge on any atom is 0.293 e. The molecule has 0 saturated carbocycles. The minimum absolute atomic E-state index is 0.154. The Kier molecular flexibility index (Phi) is 4.49. The van der Waals surface area contributed by atoms with Gasteiger partial charge in [-0.2, -0.15) is 0 Å². The van der Waals surface area contributed by atoms with Crippen molar-refractivity contribution in [2.75, 3.05) is 17.7 Å². The number of rotatable bonds is 4. The zero-order valence-corrected chi connectivity index (χ0v) is 12.5. The van der Waals surface area contributed by atoms with Crippen molar-refractivity contribution < 1.29 is 9.72 Å². The molecule has 0 aliphatic heterocycles. The Morgan fingerprint density at radius 1 is 1.38 bits per heavy atom. The molecule has 0 aliphatic carbocycles. The van der Waals surface area contributed by atoms with E-state index in [0.29, 0.717) is 10.2 Å². The molecule has 0 radical (unpaired) electrons. The highest BCUT2D eigenvalue weighted by atomic mass is 79.9. The fraction of sp³-hybridized carbons (Fsp3) is 0.0769. The number of aromatic nitrogens is 1. The molecule has 0 atom stereocenters. The van der Waals surface area contributed by atoms with Gasteiger partial charge in [-0.25, -0.2) is 0 Å². The summed E-state index contributed by atoms with van der Waals surface area (Å²) in [5.41, 5.74) is 0.739. The maximum absolute atomic E-state index is 12.3. The second kappa shape index (κ2) is 6.31. The lowest BCUT2D eigenvalue weighted by Gasteiger charge is -2.10. The van der Waals surface area contributed by atoms with Crippen LogP contribution in [0.4, 0.5) is 17.1 Å². The molecule has 1 heterocycles. The van der Waals surface area contributed by atoms with E-state index in [9.17, 15) is 14.9 Å². The first-order valence-electron chi connectivity index (χ1n) is 5.90. The van der Waals surface area contributed by atoms with E-state index in [0.717, 1.165) is 0 Å². The number of carbonyl (C=O) groups is 1. The van der Waals surface area contributed by atoms with Gasteiger partial charge in [-0.15, -0.1) is 0 Å². The van der Waals surface area contributed by atoms with Crippen molar-refractivity contribution in [3.8, 4) is 0 Å². The fourth-order valence-electron chi connectivity index (χ4n) is 1.81. The summed E-state index contributed by atoms with van der Waals surface area (Å²) in [5.74, 6) is -0.449. The maximum atomic E-state index is 12.3. The van der Waals surface area contributed by atoms with E-state index in [1.54, 1.807) is 12.3 Å². The van der Waals surface area contributed by atoms with Crippen molar-refractivity contribution in [1.29, 1.82) is 0 Å². The number of nitro benzene ring substituents is 1. The summed E-state index contributed by atoms with van der Waals surface area (Å²) < 4.78 is 0.620. The lowest BCUT2D eigenvalue weighted by Crippen LogP contribution is -2.15. The smallest absolute Gasteiger partial charge is 0.293 e. The Balaban J connectivity index is 2.38. The number of pyridine rings is 1. The molecular formula is C13H11BrN4O3. The summed E-state index contributed by atoms with van der Waals surface area (Å²) in [4.78, 5) is 26.7. The van der Waals surface area contributed by atoms with E-state index in [-0.39, 0.29) is 16.9 Å². The number of nitrogens with one attached hydrogen (secondary N) is 2. The number of benzene rings is 1. The van der Waals surface area contributed by atoms with Crippen LogP contribution in [0.1, 0.15) is 10.4 Å². The van der Waals surface area contributed by atoms with Gasteiger partial charge < -0.3 is 10.6 Å². The predicted molar refractivity (Wildman–Crippen MR) is 82.5 cm³/mol. The molecule has 1 aromatic carbocycles. The first-order chi connectivity index (χ1) is 10.0. The van der Waals surface area contributed by atoms with Crippen LogP contribution >= 0.6 is 15.9 Å². The van der Waals surface area contributed by atoms with Gasteiger partial charge in [0.1, 0.15) is 5.69 Å². The van der Waals surface area contributed by atoms with Crippen molar-refractivity contribution in [1.82, 2.24) is 4.98 Å². The number of carbonyl (C=O) groups excluding carboxylic acids is 1. The molecule has 8 heteroatoms. The second-order valence-corrected chi connectivity index (χ2v) is 4.87. The van der Waals surface area contributed by atoms with Crippen molar-refractivity contribution in [3.63, 3.8) is 0 Å². The predicted octanol–water partition coefficient (Wildman–Crippen LogP) is 3.05. The summed E-state index contributed by atoms with van der Waals surface area (Å²) in [5, 5.41) is 16.4. The van der Waals surface area contributed by atoms with Crippen LogP contribution in [0.25, 0.3) is 0 Å². The van der Waals surface area contributed by atoms with Gasteiger partial charge in [0.05, 0.1) is 20.6 Å².